The molecule has 20 heavy (non-hydrogen) atoms. The molecule has 2 rings (SSSR count). The van der Waals surface area contributed by atoms with E-state index >= 15 is 0 Å². The summed E-state index contributed by atoms with van der Waals surface area (Å²) in [6, 6.07) is 5.54. The number of aryl methyl sites for hydroxylation is 1. The predicted molar refractivity (Wildman–Crippen MR) is 71.3 cm³/mol. The summed E-state index contributed by atoms with van der Waals surface area (Å²) in [4.78, 5) is 13.9. The molecule has 7 heteroatoms. The molecule has 0 fully saturated rings. The van der Waals surface area contributed by atoms with E-state index in [2.05, 4.69) is 5.10 Å². The zero-order valence-electron chi connectivity index (χ0n) is 11.1. The minimum atomic E-state index is -0.310. The van der Waals surface area contributed by atoms with Gasteiger partial charge in [-0.2, -0.15) is 10.4 Å². The minimum absolute atomic E-state index is 0.192. The van der Waals surface area contributed by atoms with Crippen molar-refractivity contribution in [3.63, 3.8) is 0 Å². The molecular weight excluding hydrogens is 258 g/mol. The van der Waals surface area contributed by atoms with Crippen molar-refractivity contribution >= 4 is 11.6 Å². The first kappa shape index (κ1) is 13.7. The molecule has 0 aliphatic heterocycles. The van der Waals surface area contributed by atoms with Crippen molar-refractivity contribution in [2.75, 3.05) is 12.3 Å². The summed E-state index contributed by atoms with van der Waals surface area (Å²) in [5.41, 5.74) is 6.27. The van der Waals surface area contributed by atoms with Crippen molar-refractivity contribution in [1.29, 1.82) is 5.26 Å². The number of hydrogen-bond donors (Lipinski definition) is 1. The van der Waals surface area contributed by atoms with Crippen LogP contribution in [0, 0.1) is 11.3 Å². The SMILES string of the molecule is Cn1cc(N)c(C(=O)N(CCC#N)Cc2ccco2)n1. The second kappa shape index (κ2) is 5.93. The first-order valence-corrected chi connectivity index (χ1v) is 6.09. The van der Waals surface area contributed by atoms with Crippen LogP contribution in [0.5, 0.6) is 0 Å². The number of amides is 1. The zero-order valence-corrected chi connectivity index (χ0v) is 11.1. The van der Waals surface area contributed by atoms with E-state index in [0.29, 0.717) is 18.0 Å². The molecule has 0 unspecified atom stereocenters. The summed E-state index contributed by atoms with van der Waals surface area (Å²) in [6.45, 7) is 0.579. The number of nitrogen functional groups attached to an aromatic ring is 1. The number of carbonyl (C=O) groups excluding carboxylic acids is 1. The smallest absolute Gasteiger partial charge is 0.276 e. The van der Waals surface area contributed by atoms with Gasteiger partial charge in [0.2, 0.25) is 0 Å². The number of rotatable bonds is 5. The van der Waals surface area contributed by atoms with Crippen molar-refractivity contribution in [3.05, 3.63) is 36.0 Å². The lowest BCUT2D eigenvalue weighted by molar-refractivity contribution is 0.0729. The van der Waals surface area contributed by atoms with Crippen LogP contribution < -0.4 is 5.73 Å². The summed E-state index contributed by atoms with van der Waals surface area (Å²) >= 11 is 0. The molecule has 2 aromatic heterocycles. The number of aromatic nitrogens is 2. The van der Waals surface area contributed by atoms with Gasteiger partial charge < -0.3 is 15.1 Å². The Labute approximate surface area is 116 Å². The topological polar surface area (TPSA) is 101 Å². The largest absolute Gasteiger partial charge is 0.467 e. The van der Waals surface area contributed by atoms with Gasteiger partial charge in [0.15, 0.2) is 5.69 Å². The van der Waals surface area contributed by atoms with Crippen molar-refractivity contribution in [2.24, 2.45) is 7.05 Å². The van der Waals surface area contributed by atoms with E-state index in [-0.39, 0.29) is 24.6 Å². The van der Waals surface area contributed by atoms with Gasteiger partial charge in [-0.15, -0.1) is 0 Å². The van der Waals surface area contributed by atoms with Crippen molar-refractivity contribution in [1.82, 2.24) is 14.7 Å². The first-order valence-electron chi connectivity index (χ1n) is 6.09. The van der Waals surface area contributed by atoms with Gasteiger partial charge in [0, 0.05) is 19.8 Å². The summed E-state index contributed by atoms with van der Waals surface area (Å²) < 4.78 is 6.72. The molecule has 1 amide bonds. The molecule has 2 aromatic rings. The fourth-order valence-electron chi connectivity index (χ4n) is 1.85. The van der Waals surface area contributed by atoms with Crippen LogP contribution in [-0.2, 0) is 13.6 Å². The molecule has 0 saturated heterocycles. The Morgan fingerprint density at radius 3 is 3.00 bits per heavy atom. The minimum Gasteiger partial charge on any atom is -0.467 e. The Morgan fingerprint density at radius 1 is 1.65 bits per heavy atom. The molecule has 0 spiro atoms. The molecule has 104 valence electrons. The summed E-state index contributed by atoms with van der Waals surface area (Å²) in [7, 11) is 1.69. The fourth-order valence-corrected chi connectivity index (χ4v) is 1.85. The Hall–Kier alpha value is -2.75. The standard InChI is InChI=1S/C13H15N5O2/c1-17-9-11(15)12(16-17)13(19)18(6-3-5-14)8-10-4-2-7-20-10/h2,4,7,9H,3,6,8,15H2,1H3. The van der Waals surface area contributed by atoms with Crippen LogP contribution in [-0.4, -0.2) is 27.1 Å². The number of carbonyl (C=O) groups is 1. The monoisotopic (exact) mass is 273 g/mol. The maximum Gasteiger partial charge on any atom is 0.276 e. The number of nitrogens with two attached hydrogens (primary N) is 1. The van der Waals surface area contributed by atoms with Crippen LogP contribution in [0.2, 0.25) is 0 Å². The lowest BCUT2D eigenvalue weighted by atomic mass is 10.3. The average Bonchev–Trinajstić information content (AvgIpc) is 3.03. The Morgan fingerprint density at radius 2 is 2.45 bits per heavy atom. The normalized spacial score (nSPS) is 10.2. The highest BCUT2D eigenvalue weighted by Gasteiger charge is 2.22. The maximum absolute atomic E-state index is 12.4. The Kier molecular flexibility index (Phi) is 4.05. The van der Waals surface area contributed by atoms with Crippen LogP contribution >= 0.6 is 0 Å². The molecule has 0 aromatic carbocycles. The third kappa shape index (κ3) is 2.98. The third-order valence-electron chi connectivity index (χ3n) is 2.77. The molecule has 2 N–H and O–H groups in total. The maximum atomic E-state index is 12.4. The second-order valence-corrected chi connectivity index (χ2v) is 4.32. The van der Waals surface area contributed by atoms with Gasteiger partial charge in [0.05, 0.1) is 31.0 Å². The Bertz CT molecular complexity index is 624. The van der Waals surface area contributed by atoms with Gasteiger partial charge in [-0.3, -0.25) is 9.48 Å². The zero-order chi connectivity index (χ0) is 14.5. The average molecular weight is 273 g/mol. The highest BCUT2D eigenvalue weighted by molar-refractivity contribution is 5.97. The van der Waals surface area contributed by atoms with E-state index in [1.807, 2.05) is 6.07 Å². The summed E-state index contributed by atoms with van der Waals surface area (Å²) in [5.74, 6) is 0.334. The number of furan rings is 1. The number of nitrogens with zero attached hydrogens (tertiary/aromatic N) is 4. The second-order valence-electron chi connectivity index (χ2n) is 4.32. The molecule has 0 radical (unpaired) electrons. The summed E-state index contributed by atoms with van der Waals surface area (Å²) in [6.07, 6.45) is 3.35. The lowest BCUT2D eigenvalue weighted by Crippen LogP contribution is -2.32. The third-order valence-corrected chi connectivity index (χ3v) is 2.77. The van der Waals surface area contributed by atoms with E-state index in [9.17, 15) is 4.79 Å². The molecule has 2 heterocycles. The van der Waals surface area contributed by atoms with Crippen LogP contribution in [0.4, 0.5) is 5.69 Å². The quantitative estimate of drug-likeness (QED) is 0.880. The highest BCUT2D eigenvalue weighted by atomic mass is 16.3. The fraction of sp³-hybridized carbons (Fsp3) is 0.308. The molecule has 0 saturated carbocycles. The lowest BCUT2D eigenvalue weighted by Gasteiger charge is -2.19. The van der Waals surface area contributed by atoms with E-state index in [0.717, 1.165) is 0 Å². The molecule has 0 atom stereocenters. The van der Waals surface area contributed by atoms with Crippen molar-refractivity contribution < 1.29 is 9.21 Å². The van der Waals surface area contributed by atoms with Crippen molar-refractivity contribution in [3.8, 4) is 6.07 Å². The number of nitriles is 1. The molecule has 7 nitrogen and oxygen atoms in total. The van der Waals surface area contributed by atoms with E-state index < -0.39 is 0 Å². The van der Waals surface area contributed by atoms with Crippen LogP contribution in [0.3, 0.4) is 0 Å². The number of hydrogen-bond acceptors (Lipinski definition) is 5. The Balaban J connectivity index is 2.19. The van der Waals surface area contributed by atoms with Crippen LogP contribution in [0.1, 0.15) is 22.7 Å². The summed E-state index contributed by atoms with van der Waals surface area (Å²) in [5, 5.41) is 12.8. The molecule has 0 aliphatic carbocycles. The van der Waals surface area contributed by atoms with Crippen LogP contribution in [0.15, 0.2) is 29.0 Å². The van der Waals surface area contributed by atoms with E-state index in [1.165, 1.54) is 15.8 Å². The van der Waals surface area contributed by atoms with E-state index in [4.69, 9.17) is 15.4 Å². The molecular formula is C13H15N5O2. The van der Waals surface area contributed by atoms with Gasteiger partial charge in [-0.1, -0.05) is 0 Å². The van der Waals surface area contributed by atoms with E-state index in [1.54, 1.807) is 25.4 Å². The molecule has 0 aliphatic rings. The van der Waals surface area contributed by atoms with Gasteiger partial charge in [0.1, 0.15) is 5.76 Å². The van der Waals surface area contributed by atoms with Gasteiger partial charge in [0.25, 0.3) is 5.91 Å². The first-order chi connectivity index (χ1) is 9.61. The van der Waals surface area contributed by atoms with Gasteiger partial charge in [-0.05, 0) is 12.1 Å². The van der Waals surface area contributed by atoms with Crippen molar-refractivity contribution in [2.45, 2.75) is 13.0 Å². The van der Waals surface area contributed by atoms with Crippen LogP contribution in [0.25, 0.3) is 0 Å². The number of anilines is 1. The van der Waals surface area contributed by atoms with Gasteiger partial charge >= 0.3 is 0 Å². The predicted octanol–water partition coefficient (Wildman–Crippen LogP) is 1.15. The highest BCUT2D eigenvalue weighted by Crippen LogP contribution is 2.14. The molecule has 0 bridgehead atoms. The van der Waals surface area contributed by atoms with Gasteiger partial charge in [-0.25, -0.2) is 0 Å².